The van der Waals surface area contributed by atoms with Crippen molar-refractivity contribution in [2.24, 2.45) is 10.7 Å². The van der Waals surface area contributed by atoms with Crippen molar-refractivity contribution in [3.8, 4) is 0 Å². The number of nitrogens with two attached hydrogens (primary N) is 1. The summed E-state index contributed by atoms with van der Waals surface area (Å²) in [4.78, 5) is 52.1. The first-order chi connectivity index (χ1) is 17.3. The third kappa shape index (κ3) is 7.44. The van der Waals surface area contributed by atoms with Gasteiger partial charge >= 0.3 is 11.9 Å². The van der Waals surface area contributed by atoms with Gasteiger partial charge in [0, 0.05) is 24.2 Å². The molecule has 0 saturated heterocycles. The van der Waals surface area contributed by atoms with Crippen LogP contribution in [0.4, 0.5) is 5.69 Å². The molecule has 1 aliphatic heterocycles. The van der Waals surface area contributed by atoms with E-state index in [-0.39, 0.29) is 23.9 Å². The van der Waals surface area contributed by atoms with Crippen LogP contribution in [0.25, 0.3) is 6.08 Å². The standard InChI is InChI=1S/C25H26N4O6S/c1-34-21(30)11-10-19(24(33)35-2)28-22(31)17-5-3-4-16(12-17)14-27-18-8-6-15(7-9-18)13-20-23(32)29-25(26)36-20/h3-9,12-13,19,27H,10-11,14H2,1-2H3,(H,28,31)(H2,26,29,32)/b20-13-/t19-/m1/s1. The zero-order valence-corrected chi connectivity index (χ0v) is 20.6. The number of ether oxygens (including phenoxy) is 2. The Morgan fingerprint density at radius 3 is 2.50 bits per heavy atom. The van der Waals surface area contributed by atoms with Crippen molar-refractivity contribution in [2.45, 2.75) is 25.4 Å². The number of thioether (sulfide) groups is 1. The van der Waals surface area contributed by atoms with E-state index in [1.807, 2.05) is 30.3 Å². The predicted octanol–water partition coefficient (Wildman–Crippen LogP) is 2.45. The van der Waals surface area contributed by atoms with Gasteiger partial charge in [-0.2, -0.15) is 4.99 Å². The van der Waals surface area contributed by atoms with Crippen molar-refractivity contribution in [1.82, 2.24) is 5.32 Å². The lowest BCUT2D eigenvalue weighted by Gasteiger charge is -2.16. The Kier molecular flexibility index (Phi) is 9.23. The molecule has 4 N–H and O–H groups in total. The van der Waals surface area contributed by atoms with Crippen LogP contribution < -0.4 is 16.4 Å². The topological polar surface area (TPSA) is 149 Å². The second kappa shape index (κ2) is 12.5. The average molecular weight is 511 g/mol. The average Bonchev–Trinajstić information content (AvgIpc) is 3.21. The molecule has 0 aromatic heterocycles. The fourth-order valence-corrected chi connectivity index (χ4v) is 3.98. The SMILES string of the molecule is COC(=O)CC[C@@H](NC(=O)c1cccc(CNc2ccc(/C=C3\SC(N)=NC3=O)cc2)c1)C(=O)OC. The molecule has 36 heavy (non-hydrogen) atoms. The molecule has 11 heteroatoms. The van der Waals surface area contributed by atoms with Crippen LogP contribution in [-0.2, 0) is 30.4 Å². The molecule has 3 rings (SSSR count). The van der Waals surface area contributed by atoms with E-state index in [0.29, 0.717) is 17.0 Å². The monoisotopic (exact) mass is 510 g/mol. The molecular formula is C25H26N4O6S. The molecule has 0 bridgehead atoms. The van der Waals surface area contributed by atoms with Crippen LogP contribution in [0.3, 0.4) is 0 Å². The quantitative estimate of drug-likeness (QED) is 0.324. The number of rotatable bonds is 10. The van der Waals surface area contributed by atoms with Crippen molar-refractivity contribution in [3.63, 3.8) is 0 Å². The molecular weight excluding hydrogens is 484 g/mol. The van der Waals surface area contributed by atoms with Gasteiger partial charge in [-0.15, -0.1) is 0 Å². The summed E-state index contributed by atoms with van der Waals surface area (Å²) >= 11 is 1.14. The number of carbonyl (C=O) groups is 4. The van der Waals surface area contributed by atoms with Crippen LogP contribution in [0.1, 0.15) is 34.3 Å². The van der Waals surface area contributed by atoms with Gasteiger partial charge in [0.2, 0.25) is 0 Å². The van der Waals surface area contributed by atoms with Gasteiger partial charge in [0.1, 0.15) is 6.04 Å². The van der Waals surface area contributed by atoms with Crippen LogP contribution in [-0.4, -0.2) is 49.2 Å². The summed E-state index contributed by atoms with van der Waals surface area (Å²) in [5, 5.41) is 6.13. The molecule has 0 spiro atoms. The van der Waals surface area contributed by atoms with Gasteiger partial charge in [-0.05, 0) is 59.7 Å². The van der Waals surface area contributed by atoms with E-state index >= 15 is 0 Å². The first-order valence-electron chi connectivity index (χ1n) is 11.0. The van der Waals surface area contributed by atoms with Crippen molar-refractivity contribution in [2.75, 3.05) is 19.5 Å². The highest BCUT2D eigenvalue weighted by molar-refractivity contribution is 8.18. The molecule has 2 amide bonds. The van der Waals surface area contributed by atoms with Crippen molar-refractivity contribution >= 4 is 52.4 Å². The minimum atomic E-state index is -0.974. The number of anilines is 1. The zero-order chi connectivity index (χ0) is 26.1. The molecule has 0 fully saturated rings. The molecule has 10 nitrogen and oxygen atoms in total. The second-order valence-corrected chi connectivity index (χ2v) is 8.77. The third-order valence-electron chi connectivity index (χ3n) is 5.19. The third-order valence-corrected chi connectivity index (χ3v) is 6.00. The molecule has 2 aromatic carbocycles. The Hall–Kier alpha value is -4.12. The summed E-state index contributed by atoms with van der Waals surface area (Å²) in [6.07, 6.45) is 1.76. The molecule has 0 saturated carbocycles. The maximum Gasteiger partial charge on any atom is 0.328 e. The number of carbonyl (C=O) groups excluding carboxylic acids is 4. The number of benzene rings is 2. The first kappa shape index (κ1) is 26.5. The van der Waals surface area contributed by atoms with E-state index in [0.717, 1.165) is 28.6 Å². The van der Waals surface area contributed by atoms with Gasteiger partial charge in [0.25, 0.3) is 11.8 Å². The predicted molar refractivity (Wildman–Crippen MR) is 137 cm³/mol. The Morgan fingerprint density at radius 1 is 1.11 bits per heavy atom. The Labute approximate surface area is 212 Å². The van der Waals surface area contributed by atoms with Crippen LogP contribution in [0.15, 0.2) is 58.4 Å². The fourth-order valence-electron chi connectivity index (χ4n) is 3.30. The normalized spacial score (nSPS) is 14.7. The number of hydrogen-bond donors (Lipinski definition) is 3. The summed E-state index contributed by atoms with van der Waals surface area (Å²) in [5.74, 6) is -1.93. The first-order valence-corrected chi connectivity index (χ1v) is 11.8. The molecule has 1 aliphatic rings. The highest BCUT2D eigenvalue weighted by atomic mass is 32.2. The number of nitrogens with zero attached hydrogens (tertiary/aromatic N) is 1. The molecule has 2 aromatic rings. The number of amides is 2. The molecule has 0 radical (unpaired) electrons. The summed E-state index contributed by atoms with van der Waals surface area (Å²) < 4.78 is 9.32. The van der Waals surface area contributed by atoms with Crippen molar-refractivity contribution in [3.05, 3.63) is 70.1 Å². The molecule has 0 unspecified atom stereocenters. The maximum absolute atomic E-state index is 12.7. The van der Waals surface area contributed by atoms with E-state index in [1.165, 1.54) is 14.2 Å². The highest BCUT2D eigenvalue weighted by Gasteiger charge is 2.23. The van der Waals surface area contributed by atoms with Gasteiger partial charge in [0.15, 0.2) is 5.17 Å². The van der Waals surface area contributed by atoms with Crippen LogP contribution in [0.5, 0.6) is 0 Å². The van der Waals surface area contributed by atoms with Crippen molar-refractivity contribution in [1.29, 1.82) is 0 Å². The molecule has 188 valence electrons. The fraction of sp³-hybridized carbons (Fsp3) is 0.240. The molecule has 0 aliphatic carbocycles. The van der Waals surface area contributed by atoms with Crippen molar-refractivity contribution < 1.29 is 28.7 Å². The van der Waals surface area contributed by atoms with E-state index < -0.39 is 23.9 Å². The van der Waals surface area contributed by atoms with Gasteiger partial charge in [-0.1, -0.05) is 24.3 Å². The van der Waals surface area contributed by atoms with Gasteiger partial charge < -0.3 is 25.8 Å². The van der Waals surface area contributed by atoms with Gasteiger partial charge in [-0.25, -0.2) is 4.79 Å². The maximum atomic E-state index is 12.7. The molecule has 1 atom stereocenters. The van der Waals surface area contributed by atoms with E-state index in [9.17, 15) is 19.2 Å². The lowest BCUT2D eigenvalue weighted by Crippen LogP contribution is -2.41. The molecule has 1 heterocycles. The van der Waals surface area contributed by atoms with Crippen LogP contribution >= 0.6 is 11.8 Å². The number of hydrogen-bond acceptors (Lipinski definition) is 9. The number of aliphatic imine (C=N–C) groups is 1. The minimum absolute atomic E-state index is 0.0343. The Balaban J connectivity index is 1.59. The van der Waals surface area contributed by atoms with Crippen LogP contribution in [0, 0.1) is 0 Å². The van der Waals surface area contributed by atoms with Gasteiger partial charge in [0.05, 0.1) is 19.1 Å². The smallest absolute Gasteiger partial charge is 0.328 e. The summed E-state index contributed by atoms with van der Waals surface area (Å²) in [6, 6.07) is 13.5. The van der Waals surface area contributed by atoms with Crippen LogP contribution in [0.2, 0.25) is 0 Å². The number of esters is 2. The van der Waals surface area contributed by atoms with E-state index in [2.05, 4.69) is 20.4 Å². The summed E-state index contributed by atoms with van der Waals surface area (Å²) in [5.41, 5.74) is 8.47. The number of methoxy groups -OCH3 is 2. The van der Waals surface area contributed by atoms with E-state index in [1.54, 1.807) is 24.3 Å². The zero-order valence-electron chi connectivity index (χ0n) is 19.8. The lowest BCUT2D eigenvalue weighted by molar-refractivity contribution is -0.144. The second-order valence-electron chi connectivity index (χ2n) is 7.71. The highest BCUT2D eigenvalue weighted by Crippen LogP contribution is 2.26. The summed E-state index contributed by atoms with van der Waals surface area (Å²) in [6.45, 7) is 0.447. The Morgan fingerprint density at radius 2 is 1.86 bits per heavy atom. The van der Waals surface area contributed by atoms with Gasteiger partial charge in [-0.3, -0.25) is 14.4 Å². The lowest BCUT2D eigenvalue weighted by atomic mass is 10.1. The minimum Gasteiger partial charge on any atom is -0.469 e. The Bertz CT molecular complexity index is 1210. The largest absolute Gasteiger partial charge is 0.469 e. The summed E-state index contributed by atoms with van der Waals surface area (Å²) in [7, 11) is 2.47. The number of nitrogens with one attached hydrogen (secondary N) is 2. The van der Waals surface area contributed by atoms with E-state index in [4.69, 9.17) is 10.5 Å². The number of amidine groups is 1.